The third kappa shape index (κ3) is 5.95. The second-order valence-corrected chi connectivity index (χ2v) is 1.99. The number of rotatable bonds is 4. The smallest absolute Gasteiger partial charge is 0.209 e. The van der Waals surface area contributed by atoms with Crippen LogP contribution in [-0.2, 0) is 4.79 Å². The molecule has 0 spiro atoms. The van der Waals surface area contributed by atoms with Crippen LogP contribution in [0.2, 0.25) is 0 Å². The van der Waals surface area contributed by atoms with Crippen LogP contribution in [0.5, 0.6) is 0 Å². The van der Waals surface area contributed by atoms with Crippen molar-refractivity contribution in [1.29, 1.82) is 0 Å². The van der Waals surface area contributed by atoms with Gasteiger partial charge in [0.05, 0.1) is 12.4 Å². The molecule has 41 valence electrons. The summed E-state index contributed by atoms with van der Waals surface area (Å²) in [5.74, 6) is 0.708. The Morgan fingerprint density at radius 2 is 2.43 bits per heavy atom. The largest absolute Gasteiger partial charge is 0.290 e. The Hall–Kier alpha value is -0.0500. The van der Waals surface area contributed by atoms with Gasteiger partial charge in [0.1, 0.15) is 0 Å². The Bertz CT molecular complexity index is 49.0. The van der Waals surface area contributed by atoms with E-state index < -0.39 is 0 Å². The summed E-state index contributed by atoms with van der Waals surface area (Å²) in [4.78, 5) is 9.41. The summed E-state index contributed by atoms with van der Waals surface area (Å²) >= 11 is 1.25. The van der Waals surface area contributed by atoms with E-state index in [1.807, 2.05) is 0 Å². The minimum atomic E-state index is -0.355. The van der Waals surface area contributed by atoms with E-state index in [0.717, 1.165) is 0 Å². The average Bonchev–Trinajstić information content (AvgIpc) is 1.69. The summed E-state index contributed by atoms with van der Waals surface area (Å²) in [6, 6.07) is 0. The van der Waals surface area contributed by atoms with E-state index in [4.69, 9.17) is 0 Å². The minimum absolute atomic E-state index is 0.296. The average molecular weight is 121 g/mol. The number of alkyl halides is 1. The Balaban J connectivity index is 2.56. The molecule has 0 saturated carbocycles. The van der Waals surface area contributed by atoms with Crippen molar-refractivity contribution in [3.8, 4) is 0 Å². The van der Waals surface area contributed by atoms with Crippen molar-refractivity contribution in [3.63, 3.8) is 0 Å². The first-order valence-corrected chi connectivity index (χ1v) is 3.06. The van der Waals surface area contributed by atoms with Crippen molar-refractivity contribution in [1.82, 2.24) is 0 Å². The molecule has 0 amide bonds. The molecule has 0 aliphatic carbocycles. The Labute approximate surface area is 46.3 Å². The molecular weight excluding hydrogens is 115 g/mol. The van der Waals surface area contributed by atoms with Gasteiger partial charge in [-0.1, -0.05) is 0 Å². The van der Waals surface area contributed by atoms with Crippen LogP contribution in [0.3, 0.4) is 0 Å². The Kier molecular flexibility index (Phi) is 5.91. The lowest BCUT2D eigenvalue weighted by Crippen LogP contribution is -1.83. The molecule has 3 heteroatoms. The summed E-state index contributed by atoms with van der Waals surface area (Å²) in [7, 11) is 0. The summed E-state index contributed by atoms with van der Waals surface area (Å²) in [6.07, 6.45) is 1.65. The molecule has 0 aliphatic heterocycles. The van der Waals surface area contributed by atoms with Crippen molar-refractivity contribution in [2.45, 2.75) is 0 Å². The van der Waals surface area contributed by atoms with E-state index in [1.54, 1.807) is 6.29 Å². The van der Waals surface area contributed by atoms with Gasteiger partial charge in [-0.25, -0.2) is 0 Å². The second kappa shape index (κ2) is 5.95. The molecule has 0 atom stereocenters. The van der Waals surface area contributed by atoms with Crippen molar-refractivity contribution < 1.29 is 9.18 Å². The van der Waals surface area contributed by atoms with E-state index in [9.17, 15) is 9.18 Å². The first kappa shape index (κ1) is 6.95. The van der Waals surface area contributed by atoms with Gasteiger partial charge in [-0.3, -0.25) is 9.18 Å². The third-order valence-electron chi connectivity index (χ3n) is 0.382. The van der Waals surface area contributed by atoms with Crippen molar-refractivity contribution in [2.24, 2.45) is 0 Å². The van der Waals surface area contributed by atoms with Gasteiger partial charge in [0, 0.05) is 5.75 Å². The molecule has 0 unspecified atom stereocenters. The highest BCUT2D eigenvalue weighted by Gasteiger charge is 1.83. The first-order valence-electron chi connectivity index (χ1n) is 1.90. The third-order valence-corrected chi connectivity index (χ3v) is 1.15. The zero-order valence-electron chi connectivity index (χ0n) is 3.82. The number of carbonyl (C=O) groups excluding carboxylic acids is 1. The molecule has 0 bridgehead atoms. The van der Waals surface area contributed by atoms with Gasteiger partial charge in [0.15, 0.2) is 0 Å². The molecule has 0 fully saturated rings. The second-order valence-electron chi connectivity index (χ2n) is 0.886. The van der Waals surface area contributed by atoms with Gasteiger partial charge in [-0.05, 0) is 0 Å². The number of thioether (sulfide) groups is 1. The van der Waals surface area contributed by atoms with Gasteiger partial charge in [0.25, 0.3) is 0 Å². The number of hydrogen-bond donors (Lipinski definition) is 0. The minimum Gasteiger partial charge on any atom is -0.290 e. The lowest BCUT2D eigenvalue weighted by molar-refractivity contribution is 0.533. The first-order chi connectivity index (χ1) is 3.41. The fourth-order valence-electron chi connectivity index (χ4n) is 0.168. The Morgan fingerprint density at radius 1 is 1.71 bits per heavy atom. The number of hydrogen-bond acceptors (Lipinski definition) is 2. The quantitative estimate of drug-likeness (QED) is 0.512. The highest BCUT2D eigenvalue weighted by Crippen LogP contribution is 1.94. The van der Waals surface area contributed by atoms with E-state index in [-0.39, 0.29) is 6.67 Å². The predicted octanol–water partition coefficient (Wildman–Crippen LogP) is 0.799. The molecule has 1 radical (unpaired) electrons. The van der Waals surface area contributed by atoms with E-state index in [2.05, 4.69) is 0 Å². The van der Waals surface area contributed by atoms with Crippen LogP contribution in [-0.4, -0.2) is 24.5 Å². The molecule has 0 aliphatic rings. The van der Waals surface area contributed by atoms with Gasteiger partial charge in [-0.15, -0.1) is 0 Å². The van der Waals surface area contributed by atoms with Gasteiger partial charge in [-0.2, -0.15) is 11.8 Å². The Morgan fingerprint density at radius 3 is 2.86 bits per heavy atom. The summed E-state index contributed by atoms with van der Waals surface area (Å²) < 4.78 is 11.2. The van der Waals surface area contributed by atoms with Crippen molar-refractivity contribution >= 4 is 18.0 Å². The summed E-state index contributed by atoms with van der Waals surface area (Å²) in [5.41, 5.74) is 0. The fourth-order valence-corrected chi connectivity index (χ4v) is 0.505. The highest BCUT2D eigenvalue weighted by molar-refractivity contribution is 7.99. The van der Waals surface area contributed by atoms with Gasteiger partial charge >= 0.3 is 0 Å². The topological polar surface area (TPSA) is 17.1 Å². The lowest BCUT2D eigenvalue weighted by Gasteiger charge is -1.83. The van der Waals surface area contributed by atoms with Gasteiger partial charge < -0.3 is 0 Å². The highest BCUT2D eigenvalue weighted by atomic mass is 32.2. The lowest BCUT2D eigenvalue weighted by atomic mass is 10.9. The molecule has 0 saturated heterocycles. The maximum Gasteiger partial charge on any atom is 0.209 e. The molecule has 1 nitrogen and oxygen atoms in total. The van der Waals surface area contributed by atoms with E-state index >= 15 is 0 Å². The van der Waals surface area contributed by atoms with Crippen molar-refractivity contribution in [2.75, 3.05) is 18.2 Å². The molecule has 0 rings (SSSR count). The van der Waals surface area contributed by atoms with Crippen LogP contribution in [0.15, 0.2) is 0 Å². The molecule has 7 heavy (non-hydrogen) atoms. The molecule has 0 aromatic carbocycles. The van der Waals surface area contributed by atoms with Crippen molar-refractivity contribution in [3.05, 3.63) is 0 Å². The van der Waals surface area contributed by atoms with Crippen LogP contribution in [0.1, 0.15) is 0 Å². The molecular formula is C4H6FOS. The van der Waals surface area contributed by atoms with Crippen LogP contribution < -0.4 is 0 Å². The maximum absolute atomic E-state index is 11.2. The normalized spacial score (nSPS) is 8.71. The zero-order valence-corrected chi connectivity index (χ0v) is 4.63. The van der Waals surface area contributed by atoms with E-state index in [0.29, 0.717) is 11.5 Å². The van der Waals surface area contributed by atoms with E-state index in [1.165, 1.54) is 11.8 Å². The maximum atomic E-state index is 11.2. The standard InChI is InChI=1S/C4H6FOS/c5-1-3-7-4-2-6/h1,3-4H2. The summed E-state index contributed by atoms with van der Waals surface area (Å²) in [6.45, 7) is -0.355. The summed E-state index contributed by atoms with van der Waals surface area (Å²) in [5, 5.41) is 0. The SMILES string of the molecule is O=[C]CSCCF. The van der Waals surface area contributed by atoms with Crippen LogP contribution >= 0.6 is 11.8 Å². The van der Waals surface area contributed by atoms with Crippen LogP contribution in [0, 0.1) is 0 Å². The molecule has 0 heterocycles. The monoisotopic (exact) mass is 121 g/mol. The molecule has 0 N–H and O–H groups in total. The van der Waals surface area contributed by atoms with Crippen LogP contribution in [0.4, 0.5) is 4.39 Å². The molecule has 0 aromatic heterocycles. The number of halogens is 1. The fraction of sp³-hybridized carbons (Fsp3) is 0.750. The predicted molar refractivity (Wildman–Crippen MR) is 29.0 cm³/mol. The van der Waals surface area contributed by atoms with Gasteiger partial charge in [0.2, 0.25) is 6.29 Å². The molecule has 0 aromatic rings. The zero-order chi connectivity index (χ0) is 5.54. The van der Waals surface area contributed by atoms with Crippen LogP contribution in [0.25, 0.3) is 0 Å².